The van der Waals surface area contributed by atoms with Gasteiger partial charge in [-0.15, -0.1) is 0 Å². The number of phenolic OH excluding ortho intramolecular Hbond substituents is 2. The molecule has 6 nitrogen and oxygen atoms in total. The van der Waals surface area contributed by atoms with Gasteiger partial charge in [0, 0.05) is 35.7 Å². The maximum atomic E-state index is 10.3. The Bertz CT molecular complexity index is 1080. The molecule has 0 aliphatic heterocycles. The second-order valence-corrected chi connectivity index (χ2v) is 9.29. The summed E-state index contributed by atoms with van der Waals surface area (Å²) >= 11 is 0. The summed E-state index contributed by atoms with van der Waals surface area (Å²) in [5.41, 5.74) is 2.72. The first-order valence-electron chi connectivity index (χ1n) is 13.7. The van der Waals surface area contributed by atoms with Crippen LogP contribution >= 0.6 is 0 Å². The van der Waals surface area contributed by atoms with E-state index in [0.29, 0.717) is 35.8 Å². The van der Waals surface area contributed by atoms with E-state index in [1.54, 1.807) is 36.7 Å². The minimum Gasteiger partial charge on any atom is -0.507 e. The molecule has 3 rings (SSSR count). The van der Waals surface area contributed by atoms with Gasteiger partial charge in [-0.1, -0.05) is 52.4 Å². The van der Waals surface area contributed by atoms with Crippen molar-refractivity contribution in [1.29, 1.82) is 0 Å². The van der Waals surface area contributed by atoms with Crippen LogP contribution in [0.4, 0.5) is 11.4 Å². The van der Waals surface area contributed by atoms with Crippen molar-refractivity contribution in [3.8, 4) is 23.0 Å². The van der Waals surface area contributed by atoms with Gasteiger partial charge in [-0.25, -0.2) is 0 Å². The highest BCUT2D eigenvalue weighted by atomic mass is 16.5. The smallest absolute Gasteiger partial charge is 0.128 e. The van der Waals surface area contributed by atoms with Crippen molar-refractivity contribution in [2.45, 2.75) is 65.2 Å². The molecule has 202 valence electrons. The zero-order valence-electron chi connectivity index (χ0n) is 22.6. The average molecular weight is 517 g/mol. The quantitative estimate of drug-likeness (QED) is 0.148. The summed E-state index contributed by atoms with van der Waals surface area (Å²) in [6.45, 7) is 5.67. The van der Waals surface area contributed by atoms with E-state index in [4.69, 9.17) is 9.47 Å². The number of aliphatic imine (C=N–C) groups is 2. The SMILES string of the molecule is CCCCCCOc1ccc(C=Nc2ccc(N=Cc3ccc(OCCCCCC)cc3O)cc2)c(O)c1. The van der Waals surface area contributed by atoms with Crippen LogP contribution in [0.3, 0.4) is 0 Å². The molecule has 0 aliphatic rings. The molecule has 0 aromatic heterocycles. The first-order valence-corrected chi connectivity index (χ1v) is 13.7. The topological polar surface area (TPSA) is 83.6 Å². The lowest BCUT2D eigenvalue weighted by Crippen LogP contribution is -1.97. The monoisotopic (exact) mass is 516 g/mol. The van der Waals surface area contributed by atoms with Gasteiger partial charge in [0.2, 0.25) is 0 Å². The lowest BCUT2D eigenvalue weighted by Gasteiger charge is -2.07. The molecule has 0 saturated carbocycles. The van der Waals surface area contributed by atoms with Gasteiger partial charge in [0.15, 0.2) is 0 Å². The van der Waals surface area contributed by atoms with E-state index >= 15 is 0 Å². The Morgan fingerprint density at radius 1 is 0.579 bits per heavy atom. The Kier molecular flexibility index (Phi) is 12.2. The number of ether oxygens (including phenoxy) is 2. The van der Waals surface area contributed by atoms with Gasteiger partial charge in [0.25, 0.3) is 0 Å². The number of unbranched alkanes of at least 4 members (excludes halogenated alkanes) is 6. The molecular weight excluding hydrogens is 476 g/mol. The number of hydrogen-bond donors (Lipinski definition) is 2. The van der Waals surface area contributed by atoms with Crippen LogP contribution in [0.5, 0.6) is 23.0 Å². The third-order valence-electron chi connectivity index (χ3n) is 6.09. The van der Waals surface area contributed by atoms with Gasteiger partial charge in [-0.05, 0) is 61.4 Å². The van der Waals surface area contributed by atoms with Crippen molar-refractivity contribution < 1.29 is 19.7 Å². The standard InChI is InChI=1S/C32H40N2O4/c1-3-5-7-9-19-37-29-17-11-25(31(35)21-29)23-33-27-13-15-28(16-14-27)34-24-26-12-18-30(22-32(26)36)38-20-10-8-6-4-2/h11-18,21-24,35-36H,3-10,19-20H2,1-2H3. The van der Waals surface area contributed by atoms with E-state index in [2.05, 4.69) is 23.8 Å². The molecule has 2 N–H and O–H groups in total. The molecule has 38 heavy (non-hydrogen) atoms. The average Bonchev–Trinajstić information content (AvgIpc) is 2.92. The van der Waals surface area contributed by atoms with E-state index < -0.39 is 0 Å². The lowest BCUT2D eigenvalue weighted by molar-refractivity contribution is 0.303. The number of aromatic hydroxyl groups is 2. The van der Waals surface area contributed by atoms with Gasteiger partial charge in [-0.3, -0.25) is 9.98 Å². The van der Waals surface area contributed by atoms with E-state index in [1.165, 1.54) is 25.7 Å². The molecule has 0 bridgehead atoms. The van der Waals surface area contributed by atoms with Crippen molar-refractivity contribution >= 4 is 23.8 Å². The summed E-state index contributed by atoms with van der Waals surface area (Å²) in [5.74, 6) is 1.59. The Morgan fingerprint density at radius 2 is 1.00 bits per heavy atom. The molecule has 0 amide bonds. The van der Waals surface area contributed by atoms with Crippen LogP contribution in [-0.2, 0) is 0 Å². The van der Waals surface area contributed by atoms with E-state index in [-0.39, 0.29) is 11.5 Å². The van der Waals surface area contributed by atoms with Crippen molar-refractivity contribution in [3.63, 3.8) is 0 Å². The molecule has 0 aliphatic carbocycles. The minimum atomic E-state index is 0.133. The number of rotatable bonds is 16. The number of phenols is 2. The highest BCUT2D eigenvalue weighted by Crippen LogP contribution is 2.26. The van der Waals surface area contributed by atoms with Crippen molar-refractivity contribution in [2.24, 2.45) is 9.98 Å². The molecule has 0 radical (unpaired) electrons. The fourth-order valence-corrected chi connectivity index (χ4v) is 3.80. The third kappa shape index (κ3) is 9.92. The normalized spacial score (nSPS) is 11.4. The maximum absolute atomic E-state index is 10.3. The Balaban J connectivity index is 1.51. The van der Waals surface area contributed by atoms with Crippen molar-refractivity contribution in [3.05, 3.63) is 71.8 Å². The maximum Gasteiger partial charge on any atom is 0.128 e. The summed E-state index contributed by atoms with van der Waals surface area (Å²) in [6, 6.07) is 17.9. The molecule has 6 heteroatoms. The van der Waals surface area contributed by atoms with Crippen LogP contribution < -0.4 is 9.47 Å². The molecule has 0 unspecified atom stereocenters. The Morgan fingerprint density at radius 3 is 1.37 bits per heavy atom. The second kappa shape index (κ2) is 16.1. The van der Waals surface area contributed by atoms with Crippen LogP contribution in [0, 0.1) is 0 Å². The summed E-state index contributed by atoms with van der Waals surface area (Å²) in [4.78, 5) is 8.91. The molecule has 0 heterocycles. The van der Waals surface area contributed by atoms with Gasteiger partial charge >= 0.3 is 0 Å². The molecule has 3 aromatic carbocycles. The minimum absolute atomic E-state index is 0.133. The van der Waals surface area contributed by atoms with Gasteiger partial charge in [0.1, 0.15) is 23.0 Å². The lowest BCUT2D eigenvalue weighted by atomic mass is 10.2. The van der Waals surface area contributed by atoms with Crippen molar-refractivity contribution in [2.75, 3.05) is 13.2 Å². The van der Waals surface area contributed by atoms with Crippen LogP contribution in [0.1, 0.15) is 76.3 Å². The number of benzene rings is 3. The van der Waals surface area contributed by atoms with Crippen LogP contribution in [0.15, 0.2) is 70.6 Å². The van der Waals surface area contributed by atoms with E-state index in [0.717, 1.165) is 37.1 Å². The van der Waals surface area contributed by atoms with E-state index in [1.807, 2.05) is 36.4 Å². The first kappa shape index (κ1) is 28.8. The summed E-state index contributed by atoms with van der Waals surface area (Å²) in [6.07, 6.45) is 12.4. The molecule has 0 atom stereocenters. The summed E-state index contributed by atoms with van der Waals surface area (Å²) in [5, 5.41) is 20.7. The third-order valence-corrected chi connectivity index (χ3v) is 6.09. The predicted octanol–water partition coefficient (Wildman–Crippen LogP) is 8.52. The van der Waals surface area contributed by atoms with Crippen LogP contribution in [0.25, 0.3) is 0 Å². The fourth-order valence-electron chi connectivity index (χ4n) is 3.80. The highest BCUT2D eigenvalue weighted by molar-refractivity contribution is 5.87. The molecule has 0 spiro atoms. The molecule has 0 saturated heterocycles. The fraction of sp³-hybridized carbons (Fsp3) is 0.375. The summed E-state index contributed by atoms with van der Waals surface area (Å²) in [7, 11) is 0. The van der Waals surface area contributed by atoms with E-state index in [9.17, 15) is 10.2 Å². The number of nitrogens with zero attached hydrogens (tertiary/aromatic N) is 2. The largest absolute Gasteiger partial charge is 0.507 e. The summed E-state index contributed by atoms with van der Waals surface area (Å²) < 4.78 is 11.4. The molecular formula is C32H40N2O4. The highest BCUT2D eigenvalue weighted by Gasteiger charge is 2.04. The molecule has 0 fully saturated rings. The first-order chi connectivity index (χ1) is 18.6. The Hall–Kier alpha value is -3.80. The zero-order valence-corrected chi connectivity index (χ0v) is 22.6. The van der Waals surface area contributed by atoms with Crippen LogP contribution in [-0.4, -0.2) is 35.9 Å². The van der Waals surface area contributed by atoms with Crippen LogP contribution in [0.2, 0.25) is 0 Å². The van der Waals surface area contributed by atoms with Crippen molar-refractivity contribution in [1.82, 2.24) is 0 Å². The second-order valence-electron chi connectivity index (χ2n) is 9.29. The van der Waals surface area contributed by atoms with Gasteiger partial charge in [-0.2, -0.15) is 0 Å². The van der Waals surface area contributed by atoms with Gasteiger partial charge < -0.3 is 19.7 Å². The Labute approximate surface area is 226 Å². The number of hydrogen-bond acceptors (Lipinski definition) is 6. The zero-order chi connectivity index (χ0) is 27.0. The predicted molar refractivity (Wildman–Crippen MR) is 156 cm³/mol. The molecule has 3 aromatic rings. The van der Waals surface area contributed by atoms with Gasteiger partial charge in [0.05, 0.1) is 24.6 Å².